The van der Waals surface area contributed by atoms with Gasteiger partial charge in [-0.15, -0.1) is 11.3 Å². The molecule has 1 saturated carbocycles. The van der Waals surface area contributed by atoms with Crippen LogP contribution in [0.3, 0.4) is 0 Å². The van der Waals surface area contributed by atoms with E-state index in [-0.39, 0.29) is 47.8 Å². The molecule has 4 aromatic rings. The highest BCUT2D eigenvalue weighted by atomic mass is 32.1. The highest BCUT2D eigenvalue weighted by Crippen LogP contribution is 2.64. The summed E-state index contributed by atoms with van der Waals surface area (Å²) in [5.41, 5.74) is 1.50. The van der Waals surface area contributed by atoms with Gasteiger partial charge < -0.3 is 9.84 Å². The first-order valence-corrected chi connectivity index (χ1v) is 17.7. The van der Waals surface area contributed by atoms with Crippen molar-refractivity contribution in [1.82, 2.24) is 4.90 Å². The number of hydrogen-bond acceptors (Lipinski definition) is 7. The van der Waals surface area contributed by atoms with Crippen LogP contribution in [0.2, 0.25) is 0 Å². The van der Waals surface area contributed by atoms with E-state index in [1.165, 1.54) is 22.3 Å². The third-order valence-electron chi connectivity index (χ3n) is 11.0. The zero-order valence-corrected chi connectivity index (χ0v) is 27.8. The van der Waals surface area contributed by atoms with Crippen LogP contribution >= 0.6 is 11.3 Å². The number of ether oxygens (including phenoxy) is 1. The van der Waals surface area contributed by atoms with Gasteiger partial charge in [0.25, 0.3) is 0 Å². The fourth-order valence-corrected chi connectivity index (χ4v) is 9.74. The lowest BCUT2D eigenvalue weighted by molar-refractivity contribution is -0.141. The molecule has 1 saturated heterocycles. The lowest BCUT2D eigenvalue weighted by Gasteiger charge is -2.55. The van der Waals surface area contributed by atoms with Gasteiger partial charge in [0.1, 0.15) is 0 Å². The lowest BCUT2D eigenvalue weighted by atomic mass is 9.44. The Morgan fingerprint density at radius 3 is 2.35 bits per heavy atom. The van der Waals surface area contributed by atoms with Gasteiger partial charge in [0.2, 0.25) is 11.8 Å². The molecule has 7 nitrogen and oxygen atoms in total. The molecule has 0 radical (unpaired) electrons. The van der Waals surface area contributed by atoms with Gasteiger partial charge in [0.05, 0.1) is 30.4 Å². The molecular formula is C41H35NO6S. The van der Waals surface area contributed by atoms with Crippen molar-refractivity contribution in [2.45, 2.75) is 37.6 Å². The van der Waals surface area contributed by atoms with Crippen molar-refractivity contribution in [1.29, 1.82) is 0 Å². The van der Waals surface area contributed by atoms with Crippen molar-refractivity contribution in [3.8, 4) is 11.5 Å². The number of imide groups is 1. The lowest BCUT2D eigenvalue weighted by Crippen LogP contribution is -2.58. The monoisotopic (exact) mass is 669 g/mol. The molecule has 2 amide bonds. The van der Waals surface area contributed by atoms with Crippen LogP contribution in [-0.2, 0) is 31.1 Å². The van der Waals surface area contributed by atoms with Crippen molar-refractivity contribution in [2.75, 3.05) is 6.61 Å². The van der Waals surface area contributed by atoms with Gasteiger partial charge in [-0.2, -0.15) is 0 Å². The molecule has 1 aromatic heterocycles. The smallest absolute Gasteiger partial charge is 0.234 e. The average Bonchev–Trinajstić information content (AvgIpc) is 3.73. The number of carbonyl (C=O) groups is 4. The Morgan fingerprint density at radius 2 is 1.63 bits per heavy atom. The molecule has 0 unspecified atom stereocenters. The Balaban J connectivity index is 1.36. The number of carbonyl (C=O) groups excluding carboxylic acids is 4. The third kappa shape index (κ3) is 4.68. The molecule has 6 atom stereocenters. The van der Waals surface area contributed by atoms with E-state index in [1.807, 2.05) is 91.2 Å². The number of rotatable bonds is 7. The summed E-state index contributed by atoms with van der Waals surface area (Å²) in [6, 6.07) is 27.6. The van der Waals surface area contributed by atoms with E-state index in [2.05, 4.69) is 0 Å². The van der Waals surface area contributed by atoms with Crippen LogP contribution in [0.5, 0.6) is 11.5 Å². The minimum atomic E-state index is -1.42. The van der Waals surface area contributed by atoms with E-state index in [1.54, 1.807) is 18.2 Å². The number of fused-ring (bicyclic) bond motifs is 4. The van der Waals surface area contributed by atoms with E-state index >= 15 is 9.59 Å². The Bertz CT molecular complexity index is 2030. The van der Waals surface area contributed by atoms with E-state index in [9.17, 15) is 14.7 Å². The maximum Gasteiger partial charge on any atom is 0.234 e. The molecule has 2 heterocycles. The first-order valence-electron chi connectivity index (χ1n) is 16.8. The maximum atomic E-state index is 15.1. The summed E-state index contributed by atoms with van der Waals surface area (Å²) in [4.78, 5) is 60.7. The summed E-state index contributed by atoms with van der Waals surface area (Å²) < 4.78 is 5.83. The Kier molecular flexibility index (Phi) is 7.71. The average molecular weight is 670 g/mol. The van der Waals surface area contributed by atoms with E-state index in [4.69, 9.17) is 4.74 Å². The number of ketones is 2. The Morgan fingerprint density at radius 1 is 0.878 bits per heavy atom. The number of amides is 2. The number of phenolic OH excluding ortho intramolecular Hbond substituents is 1. The van der Waals surface area contributed by atoms with Crippen molar-refractivity contribution in [2.24, 2.45) is 23.7 Å². The minimum absolute atomic E-state index is 0.0988. The molecule has 0 spiro atoms. The molecule has 3 aliphatic carbocycles. The van der Waals surface area contributed by atoms with E-state index in [0.29, 0.717) is 35.3 Å². The van der Waals surface area contributed by atoms with Crippen LogP contribution in [0.1, 0.15) is 47.3 Å². The Labute approximate surface area is 288 Å². The normalized spacial score (nSPS) is 27.6. The summed E-state index contributed by atoms with van der Waals surface area (Å²) in [5, 5.41) is 13.8. The number of aromatic hydroxyl groups is 1. The van der Waals surface area contributed by atoms with Crippen LogP contribution in [0.25, 0.3) is 5.57 Å². The summed E-state index contributed by atoms with van der Waals surface area (Å²) in [5.74, 6) is -4.12. The number of benzene rings is 3. The summed E-state index contributed by atoms with van der Waals surface area (Å²) in [6.07, 6.45) is 4.04. The van der Waals surface area contributed by atoms with Gasteiger partial charge in [0, 0.05) is 27.8 Å². The molecule has 246 valence electrons. The molecule has 4 aliphatic rings. The van der Waals surface area contributed by atoms with Gasteiger partial charge in [0.15, 0.2) is 23.1 Å². The van der Waals surface area contributed by atoms with Crippen LogP contribution in [0, 0.1) is 23.7 Å². The van der Waals surface area contributed by atoms with E-state index < -0.39 is 35.0 Å². The molecule has 1 N–H and O–H groups in total. The van der Waals surface area contributed by atoms with Gasteiger partial charge in [-0.05, 0) is 60.4 Å². The maximum absolute atomic E-state index is 15.1. The van der Waals surface area contributed by atoms with Gasteiger partial charge >= 0.3 is 0 Å². The fraction of sp³-hybridized carbons (Fsp3) is 0.268. The SMILES string of the molecule is CCOc1cccc([C@H]2C3=CC[C@@H]4C(=O)N(Cc5cccs5)C(=O)[C@@H]4[C@@H]3C[C@H]3C(=O)C(c4ccccc4)=CC(=O)[C@@]23c2ccccc2)c1O. The minimum Gasteiger partial charge on any atom is -0.504 e. The highest BCUT2D eigenvalue weighted by Gasteiger charge is 2.66. The van der Waals surface area contributed by atoms with E-state index in [0.717, 1.165) is 10.5 Å². The number of para-hydroxylation sites is 1. The number of likely N-dealkylation sites (tertiary alicyclic amines) is 1. The second kappa shape index (κ2) is 12.1. The van der Waals surface area contributed by atoms with Crippen molar-refractivity contribution < 1.29 is 29.0 Å². The summed E-state index contributed by atoms with van der Waals surface area (Å²) >= 11 is 1.50. The van der Waals surface area contributed by atoms with Crippen LogP contribution in [0.15, 0.2) is 114 Å². The molecule has 2 fully saturated rings. The second-order valence-electron chi connectivity index (χ2n) is 13.3. The highest BCUT2D eigenvalue weighted by molar-refractivity contribution is 7.09. The fourth-order valence-electron chi connectivity index (χ4n) is 9.04. The molecule has 1 aliphatic heterocycles. The number of nitrogens with zero attached hydrogens (tertiary/aromatic N) is 1. The predicted molar refractivity (Wildman–Crippen MR) is 186 cm³/mol. The molecule has 0 bridgehead atoms. The summed E-state index contributed by atoms with van der Waals surface area (Å²) in [6.45, 7) is 2.36. The molecule has 8 heteroatoms. The number of Topliss-reactive ketones (excluding diaryl/α,β-unsaturated/α-hetero) is 1. The second-order valence-corrected chi connectivity index (χ2v) is 14.3. The van der Waals surface area contributed by atoms with Gasteiger partial charge in [-0.25, -0.2) is 0 Å². The number of allylic oxidation sites excluding steroid dienone is 4. The quantitative estimate of drug-likeness (QED) is 0.170. The third-order valence-corrected chi connectivity index (χ3v) is 11.9. The number of thiophene rings is 1. The summed E-state index contributed by atoms with van der Waals surface area (Å²) in [7, 11) is 0. The van der Waals surface area contributed by atoms with Crippen LogP contribution in [-0.4, -0.2) is 40.0 Å². The molecular weight excluding hydrogens is 635 g/mol. The molecule has 49 heavy (non-hydrogen) atoms. The topological polar surface area (TPSA) is 101 Å². The van der Waals surface area contributed by atoms with Crippen molar-refractivity contribution in [3.05, 3.63) is 136 Å². The zero-order chi connectivity index (χ0) is 33.9. The van der Waals surface area contributed by atoms with Gasteiger partial charge in [-0.1, -0.05) is 90.5 Å². The number of phenols is 1. The van der Waals surface area contributed by atoms with Crippen molar-refractivity contribution >= 4 is 40.3 Å². The molecule has 8 rings (SSSR count). The number of hydrogen-bond donors (Lipinski definition) is 1. The first kappa shape index (κ1) is 31.2. The predicted octanol–water partition coefficient (Wildman–Crippen LogP) is 6.88. The zero-order valence-electron chi connectivity index (χ0n) is 27.0. The Hall–Kier alpha value is -5.08. The van der Waals surface area contributed by atoms with Crippen LogP contribution < -0.4 is 4.74 Å². The standard InChI is InChI=1S/C41H35NO6S/c1-2-48-33-17-9-16-29(38(33)45)36-27-18-19-28-35(40(47)42(39(28)46)23-26-15-10-20-49-26)31(27)21-32-37(44)30(24-11-5-3-6-12-24)22-34(43)41(32,36)25-13-7-4-8-14-25/h3-18,20,22,28,31-32,35-36,45H,2,19,21,23H2,1H3/t28-,31+,32-,35-,36+,41-/m0/s1. The van der Waals surface area contributed by atoms with Crippen LogP contribution in [0.4, 0.5) is 0 Å². The molecule has 3 aromatic carbocycles. The van der Waals surface area contributed by atoms with Crippen molar-refractivity contribution in [3.63, 3.8) is 0 Å². The largest absolute Gasteiger partial charge is 0.504 e. The van der Waals surface area contributed by atoms with Gasteiger partial charge in [-0.3, -0.25) is 24.1 Å². The first-order chi connectivity index (χ1) is 23.9.